The lowest BCUT2D eigenvalue weighted by atomic mass is 10.1. The molecule has 0 atom stereocenters. The van der Waals surface area contributed by atoms with Crippen LogP contribution in [0, 0.1) is 11.3 Å². The standard InChI is InChI=1S/C25H18BrF3N2O3/c1-33-22-12-17(11-21(26)23(22)34-15-16-6-3-2-4-7-16)10-18(14-30)24(32)31-20-9-5-8-19(13-20)25(27,28)29/h2-13H,15H2,1H3,(H,31,32)/b18-10+. The zero-order valence-electron chi connectivity index (χ0n) is 17.8. The Morgan fingerprint density at radius 2 is 1.85 bits per heavy atom. The minimum absolute atomic E-state index is 0.0793. The third-order valence-electron chi connectivity index (χ3n) is 4.60. The summed E-state index contributed by atoms with van der Waals surface area (Å²) in [6, 6.07) is 18.7. The van der Waals surface area contributed by atoms with Crippen molar-refractivity contribution >= 4 is 33.6 Å². The number of halogens is 4. The molecular weight excluding hydrogens is 513 g/mol. The molecule has 0 fully saturated rings. The summed E-state index contributed by atoms with van der Waals surface area (Å²) in [6.45, 7) is 0.299. The molecule has 0 spiro atoms. The van der Waals surface area contributed by atoms with Crippen LogP contribution in [0.1, 0.15) is 16.7 Å². The molecule has 3 rings (SSSR count). The van der Waals surface area contributed by atoms with Gasteiger partial charge in [-0.05, 0) is 63.5 Å². The highest BCUT2D eigenvalue weighted by Gasteiger charge is 2.30. The molecule has 0 aliphatic rings. The molecular formula is C25H18BrF3N2O3. The van der Waals surface area contributed by atoms with Gasteiger partial charge < -0.3 is 14.8 Å². The van der Waals surface area contributed by atoms with Crippen LogP contribution in [0.4, 0.5) is 18.9 Å². The summed E-state index contributed by atoms with van der Waals surface area (Å²) in [6.07, 6.45) is -3.25. The van der Waals surface area contributed by atoms with Gasteiger partial charge in [0, 0.05) is 5.69 Å². The van der Waals surface area contributed by atoms with Gasteiger partial charge in [-0.1, -0.05) is 36.4 Å². The van der Waals surface area contributed by atoms with Gasteiger partial charge in [0.2, 0.25) is 0 Å². The average molecular weight is 531 g/mol. The van der Waals surface area contributed by atoms with E-state index in [1.54, 1.807) is 18.2 Å². The first-order valence-corrected chi connectivity index (χ1v) is 10.6. The van der Waals surface area contributed by atoms with Crippen molar-refractivity contribution in [2.75, 3.05) is 12.4 Å². The number of hydrogen-bond donors (Lipinski definition) is 1. The van der Waals surface area contributed by atoms with Gasteiger partial charge in [0.05, 0.1) is 17.1 Å². The van der Waals surface area contributed by atoms with E-state index in [0.717, 1.165) is 17.7 Å². The molecule has 0 saturated carbocycles. The van der Waals surface area contributed by atoms with Gasteiger partial charge in [-0.15, -0.1) is 0 Å². The van der Waals surface area contributed by atoms with Crippen LogP contribution in [0.3, 0.4) is 0 Å². The number of benzene rings is 3. The highest BCUT2D eigenvalue weighted by atomic mass is 79.9. The smallest absolute Gasteiger partial charge is 0.416 e. The van der Waals surface area contributed by atoms with E-state index in [0.29, 0.717) is 28.1 Å². The van der Waals surface area contributed by atoms with E-state index in [-0.39, 0.29) is 11.3 Å². The summed E-state index contributed by atoms with van der Waals surface area (Å²) in [5.41, 5.74) is 0.117. The number of hydrogen-bond acceptors (Lipinski definition) is 4. The first-order chi connectivity index (χ1) is 16.2. The first kappa shape index (κ1) is 24.9. The third-order valence-corrected chi connectivity index (χ3v) is 5.19. The van der Waals surface area contributed by atoms with Crippen molar-refractivity contribution in [1.82, 2.24) is 0 Å². The Bertz CT molecular complexity index is 1250. The molecule has 0 aliphatic heterocycles. The summed E-state index contributed by atoms with van der Waals surface area (Å²) in [5, 5.41) is 11.8. The summed E-state index contributed by atoms with van der Waals surface area (Å²) in [4.78, 5) is 12.5. The quantitative estimate of drug-likeness (QED) is 0.276. The fourth-order valence-corrected chi connectivity index (χ4v) is 3.55. The second-order valence-electron chi connectivity index (χ2n) is 7.01. The number of ether oxygens (including phenoxy) is 2. The van der Waals surface area contributed by atoms with Gasteiger partial charge >= 0.3 is 6.18 Å². The molecule has 34 heavy (non-hydrogen) atoms. The molecule has 0 radical (unpaired) electrons. The second kappa shape index (κ2) is 10.9. The van der Waals surface area contributed by atoms with Crippen molar-refractivity contribution in [3.8, 4) is 17.6 Å². The number of methoxy groups -OCH3 is 1. The van der Waals surface area contributed by atoms with Crippen LogP contribution in [0.15, 0.2) is 76.8 Å². The van der Waals surface area contributed by atoms with Gasteiger partial charge in [0.15, 0.2) is 11.5 Å². The lowest BCUT2D eigenvalue weighted by Crippen LogP contribution is -2.14. The van der Waals surface area contributed by atoms with Crippen LogP contribution in [-0.4, -0.2) is 13.0 Å². The second-order valence-corrected chi connectivity index (χ2v) is 7.87. The van der Waals surface area contributed by atoms with Crippen LogP contribution >= 0.6 is 15.9 Å². The topological polar surface area (TPSA) is 71.3 Å². The van der Waals surface area contributed by atoms with Crippen LogP contribution in [0.25, 0.3) is 6.08 Å². The highest BCUT2D eigenvalue weighted by Crippen LogP contribution is 2.38. The molecule has 0 saturated heterocycles. The fraction of sp³-hybridized carbons (Fsp3) is 0.120. The Hall–Kier alpha value is -3.77. The Morgan fingerprint density at radius 3 is 2.50 bits per heavy atom. The Morgan fingerprint density at radius 1 is 1.12 bits per heavy atom. The van der Waals surface area contributed by atoms with E-state index in [2.05, 4.69) is 21.2 Å². The highest BCUT2D eigenvalue weighted by molar-refractivity contribution is 9.10. The maximum Gasteiger partial charge on any atom is 0.416 e. The van der Waals surface area contributed by atoms with Crippen molar-refractivity contribution in [3.05, 3.63) is 93.5 Å². The number of anilines is 1. The molecule has 3 aromatic carbocycles. The molecule has 0 unspecified atom stereocenters. The zero-order valence-corrected chi connectivity index (χ0v) is 19.4. The normalized spacial score (nSPS) is 11.5. The molecule has 0 heterocycles. The average Bonchev–Trinajstić information content (AvgIpc) is 2.81. The number of alkyl halides is 3. The van der Waals surface area contributed by atoms with Gasteiger partial charge in [-0.3, -0.25) is 4.79 Å². The van der Waals surface area contributed by atoms with Crippen molar-refractivity contribution < 1.29 is 27.4 Å². The zero-order chi connectivity index (χ0) is 24.7. The van der Waals surface area contributed by atoms with Crippen LogP contribution < -0.4 is 14.8 Å². The van der Waals surface area contributed by atoms with E-state index in [1.165, 1.54) is 25.3 Å². The van der Waals surface area contributed by atoms with Crippen LogP contribution in [0.5, 0.6) is 11.5 Å². The minimum Gasteiger partial charge on any atom is -0.493 e. The van der Waals surface area contributed by atoms with Crippen LogP contribution in [0.2, 0.25) is 0 Å². The maximum atomic E-state index is 12.9. The predicted molar refractivity (Wildman–Crippen MR) is 125 cm³/mol. The van der Waals surface area contributed by atoms with Crippen molar-refractivity contribution in [2.24, 2.45) is 0 Å². The van der Waals surface area contributed by atoms with Gasteiger partial charge in [0.25, 0.3) is 5.91 Å². The van der Waals surface area contributed by atoms with E-state index in [1.807, 2.05) is 30.3 Å². The number of nitrogens with zero attached hydrogens (tertiary/aromatic N) is 1. The Kier molecular flexibility index (Phi) is 7.97. The number of amides is 1. The molecule has 0 aliphatic carbocycles. The van der Waals surface area contributed by atoms with Crippen molar-refractivity contribution in [1.29, 1.82) is 5.26 Å². The summed E-state index contributed by atoms with van der Waals surface area (Å²) >= 11 is 3.42. The molecule has 0 aromatic heterocycles. The van der Waals surface area contributed by atoms with Gasteiger partial charge in [-0.25, -0.2) is 0 Å². The number of rotatable bonds is 7. The summed E-state index contributed by atoms with van der Waals surface area (Å²) in [7, 11) is 1.45. The first-order valence-electron chi connectivity index (χ1n) is 9.86. The molecule has 3 aromatic rings. The van der Waals surface area contributed by atoms with E-state index >= 15 is 0 Å². The molecule has 174 valence electrons. The number of carbonyl (C=O) groups excluding carboxylic acids is 1. The third kappa shape index (κ3) is 6.39. The number of carbonyl (C=O) groups is 1. The lowest BCUT2D eigenvalue weighted by Gasteiger charge is -2.14. The SMILES string of the molecule is COc1cc(/C=C(\C#N)C(=O)Nc2cccc(C(F)(F)F)c2)cc(Br)c1OCc1ccccc1. The monoisotopic (exact) mass is 530 g/mol. The molecule has 1 N–H and O–H groups in total. The van der Waals surface area contributed by atoms with Crippen molar-refractivity contribution in [3.63, 3.8) is 0 Å². The number of nitrogens with one attached hydrogen (secondary N) is 1. The van der Waals surface area contributed by atoms with Crippen molar-refractivity contribution in [2.45, 2.75) is 12.8 Å². The van der Waals surface area contributed by atoms with E-state index in [9.17, 15) is 23.2 Å². The summed E-state index contributed by atoms with van der Waals surface area (Å²) < 4.78 is 50.5. The molecule has 5 nitrogen and oxygen atoms in total. The maximum absolute atomic E-state index is 12.9. The lowest BCUT2D eigenvalue weighted by molar-refractivity contribution is -0.137. The van der Waals surface area contributed by atoms with E-state index < -0.39 is 17.6 Å². The molecule has 0 bridgehead atoms. The predicted octanol–water partition coefficient (Wildman–Crippen LogP) is 6.60. The number of nitriles is 1. The minimum atomic E-state index is -4.55. The largest absolute Gasteiger partial charge is 0.493 e. The Balaban J connectivity index is 1.82. The van der Waals surface area contributed by atoms with Crippen LogP contribution in [-0.2, 0) is 17.6 Å². The fourth-order valence-electron chi connectivity index (χ4n) is 2.98. The van der Waals surface area contributed by atoms with E-state index in [4.69, 9.17) is 9.47 Å². The van der Waals surface area contributed by atoms with Gasteiger partial charge in [0.1, 0.15) is 18.2 Å². The Labute approximate surface area is 202 Å². The molecule has 9 heteroatoms. The molecule has 1 amide bonds. The summed E-state index contributed by atoms with van der Waals surface area (Å²) in [5.74, 6) is -0.0381. The van der Waals surface area contributed by atoms with Gasteiger partial charge in [-0.2, -0.15) is 18.4 Å².